The van der Waals surface area contributed by atoms with Crippen molar-refractivity contribution in [2.45, 2.75) is 45.1 Å². The van der Waals surface area contributed by atoms with Crippen molar-refractivity contribution in [3.63, 3.8) is 0 Å². The predicted molar refractivity (Wildman–Crippen MR) is 75.2 cm³/mol. The van der Waals surface area contributed by atoms with E-state index >= 15 is 0 Å². The van der Waals surface area contributed by atoms with Crippen LogP contribution in [-0.2, 0) is 11.3 Å². The standard InChI is InChI=1S/C13H20BrN3O/c1-8-4-3-5-9(6-8)13-16-10(7-18-2)11(14)12(15)17-13/h8-9H,3-7H2,1-2H3,(H2,15,16,17). The molecule has 100 valence electrons. The molecule has 0 aromatic carbocycles. The number of methoxy groups -OCH3 is 1. The van der Waals surface area contributed by atoms with Crippen LogP contribution in [0.25, 0.3) is 0 Å². The van der Waals surface area contributed by atoms with Crippen molar-refractivity contribution in [2.24, 2.45) is 5.92 Å². The minimum absolute atomic E-state index is 0.444. The van der Waals surface area contributed by atoms with E-state index < -0.39 is 0 Å². The summed E-state index contributed by atoms with van der Waals surface area (Å²) in [5.41, 5.74) is 6.79. The molecule has 2 N–H and O–H groups in total. The van der Waals surface area contributed by atoms with Gasteiger partial charge in [-0.25, -0.2) is 9.97 Å². The highest BCUT2D eigenvalue weighted by atomic mass is 79.9. The first-order valence-corrected chi connectivity index (χ1v) is 7.21. The third-order valence-electron chi connectivity index (χ3n) is 3.55. The quantitative estimate of drug-likeness (QED) is 0.930. The Morgan fingerprint density at radius 2 is 2.17 bits per heavy atom. The van der Waals surface area contributed by atoms with E-state index in [0.29, 0.717) is 18.3 Å². The van der Waals surface area contributed by atoms with Gasteiger partial charge in [-0.2, -0.15) is 0 Å². The second-order valence-corrected chi connectivity index (χ2v) is 5.92. The summed E-state index contributed by atoms with van der Waals surface area (Å²) in [7, 11) is 1.66. The highest BCUT2D eigenvalue weighted by molar-refractivity contribution is 9.10. The molecule has 18 heavy (non-hydrogen) atoms. The molecule has 5 heteroatoms. The lowest BCUT2D eigenvalue weighted by atomic mass is 9.82. The number of hydrogen-bond donors (Lipinski definition) is 1. The summed E-state index contributed by atoms with van der Waals surface area (Å²) in [5.74, 6) is 2.60. The molecule has 0 bridgehead atoms. The molecule has 4 nitrogen and oxygen atoms in total. The Bertz CT molecular complexity index is 425. The van der Waals surface area contributed by atoms with E-state index in [1.807, 2.05) is 0 Å². The largest absolute Gasteiger partial charge is 0.383 e. The van der Waals surface area contributed by atoms with Crippen LogP contribution in [0.4, 0.5) is 5.82 Å². The van der Waals surface area contributed by atoms with E-state index in [9.17, 15) is 0 Å². The van der Waals surface area contributed by atoms with Crippen LogP contribution in [0.2, 0.25) is 0 Å². The van der Waals surface area contributed by atoms with Crippen molar-refractivity contribution in [1.29, 1.82) is 0 Å². The van der Waals surface area contributed by atoms with Gasteiger partial charge >= 0.3 is 0 Å². The van der Waals surface area contributed by atoms with Crippen LogP contribution in [-0.4, -0.2) is 17.1 Å². The van der Waals surface area contributed by atoms with Crippen LogP contribution < -0.4 is 5.73 Å². The molecule has 2 rings (SSSR count). The summed E-state index contributed by atoms with van der Waals surface area (Å²) in [5, 5.41) is 0. The van der Waals surface area contributed by atoms with Crippen LogP contribution in [0.15, 0.2) is 4.47 Å². The van der Waals surface area contributed by atoms with Gasteiger partial charge in [0.15, 0.2) is 0 Å². The fraction of sp³-hybridized carbons (Fsp3) is 0.692. The van der Waals surface area contributed by atoms with E-state index in [2.05, 4.69) is 32.8 Å². The van der Waals surface area contributed by atoms with Crippen molar-refractivity contribution < 1.29 is 4.74 Å². The SMILES string of the molecule is COCc1nc(C2CCCC(C)C2)nc(N)c1Br. The molecule has 1 fully saturated rings. The third-order valence-corrected chi connectivity index (χ3v) is 4.41. The van der Waals surface area contributed by atoms with Gasteiger partial charge < -0.3 is 10.5 Å². The lowest BCUT2D eigenvalue weighted by Gasteiger charge is -2.26. The Labute approximate surface area is 116 Å². The van der Waals surface area contributed by atoms with E-state index in [1.165, 1.54) is 12.8 Å². The molecule has 1 aromatic heterocycles. The Morgan fingerprint density at radius 1 is 1.39 bits per heavy atom. The summed E-state index contributed by atoms with van der Waals surface area (Å²) in [6.07, 6.45) is 4.89. The number of hydrogen-bond acceptors (Lipinski definition) is 4. The lowest BCUT2D eigenvalue weighted by Crippen LogP contribution is -2.16. The van der Waals surface area contributed by atoms with Crippen molar-refractivity contribution in [2.75, 3.05) is 12.8 Å². The van der Waals surface area contributed by atoms with Gasteiger partial charge in [-0.05, 0) is 34.7 Å². The van der Waals surface area contributed by atoms with E-state index in [4.69, 9.17) is 10.5 Å². The zero-order valence-electron chi connectivity index (χ0n) is 10.9. The van der Waals surface area contributed by atoms with E-state index in [0.717, 1.165) is 34.8 Å². The van der Waals surface area contributed by atoms with Crippen LogP contribution >= 0.6 is 15.9 Å². The van der Waals surface area contributed by atoms with Crippen molar-refractivity contribution >= 4 is 21.7 Å². The van der Waals surface area contributed by atoms with Crippen LogP contribution in [0.3, 0.4) is 0 Å². The van der Waals surface area contributed by atoms with Gasteiger partial charge in [0.1, 0.15) is 11.6 Å². The number of nitrogens with two attached hydrogens (primary N) is 1. The normalized spacial score (nSPS) is 24.2. The van der Waals surface area contributed by atoms with Crippen molar-refractivity contribution in [3.8, 4) is 0 Å². The van der Waals surface area contributed by atoms with Crippen molar-refractivity contribution in [3.05, 3.63) is 16.0 Å². The molecule has 0 spiro atoms. The molecule has 1 aromatic rings. The molecule has 0 saturated heterocycles. The average Bonchev–Trinajstić information content (AvgIpc) is 2.35. The summed E-state index contributed by atoms with van der Waals surface area (Å²) < 4.78 is 5.91. The number of rotatable bonds is 3. The van der Waals surface area contributed by atoms with Gasteiger partial charge in [0, 0.05) is 13.0 Å². The maximum Gasteiger partial charge on any atom is 0.141 e. The molecular formula is C13H20BrN3O. The maximum atomic E-state index is 5.94. The van der Waals surface area contributed by atoms with Crippen molar-refractivity contribution in [1.82, 2.24) is 9.97 Å². The minimum Gasteiger partial charge on any atom is -0.383 e. The first-order valence-electron chi connectivity index (χ1n) is 6.42. The zero-order chi connectivity index (χ0) is 13.1. The zero-order valence-corrected chi connectivity index (χ0v) is 12.5. The molecule has 1 heterocycles. The van der Waals surface area contributed by atoms with Gasteiger partial charge in [-0.15, -0.1) is 0 Å². The van der Waals surface area contributed by atoms with E-state index in [-0.39, 0.29) is 0 Å². The van der Waals surface area contributed by atoms with Gasteiger partial charge in [0.2, 0.25) is 0 Å². The highest BCUT2D eigenvalue weighted by Crippen LogP contribution is 2.35. The molecule has 1 aliphatic rings. The fourth-order valence-corrected chi connectivity index (χ4v) is 2.91. The third kappa shape index (κ3) is 3.01. The molecule has 2 unspecified atom stereocenters. The number of anilines is 1. The van der Waals surface area contributed by atoms with Gasteiger partial charge in [-0.1, -0.05) is 19.8 Å². The Kier molecular flexibility index (Phi) is 4.56. The average molecular weight is 314 g/mol. The second-order valence-electron chi connectivity index (χ2n) is 5.13. The number of nitrogen functional groups attached to an aromatic ring is 1. The molecule has 1 saturated carbocycles. The first-order chi connectivity index (χ1) is 8.61. The molecule has 0 aliphatic heterocycles. The van der Waals surface area contributed by atoms with Gasteiger partial charge in [-0.3, -0.25) is 0 Å². The molecule has 0 amide bonds. The summed E-state index contributed by atoms with van der Waals surface area (Å²) in [6.45, 7) is 2.76. The molecule has 2 atom stereocenters. The Hall–Kier alpha value is -0.680. The minimum atomic E-state index is 0.444. The summed E-state index contributed by atoms with van der Waals surface area (Å²) >= 11 is 3.42. The highest BCUT2D eigenvalue weighted by Gasteiger charge is 2.24. The summed E-state index contributed by atoms with van der Waals surface area (Å²) in [6, 6.07) is 0. The van der Waals surface area contributed by atoms with E-state index in [1.54, 1.807) is 7.11 Å². The van der Waals surface area contributed by atoms with Gasteiger partial charge in [0.25, 0.3) is 0 Å². The molecular weight excluding hydrogens is 294 g/mol. The monoisotopic (exact) mass is 313 g/mol. The summed E-state index contributed by atoms with van der Waals surface area (Å²) in [4.78, 5) is 9.06. The Balaban J connectivity index is 2.27. The number of nitrogens with zero attached hydrogens (tertiary/aromatic N) is 2. The number of halogens is 1. The molecule has 1 aliphatic carbocycles. The van der Waals surface area contributed by atoms with Crippen LogP contribution in [0.5, 0.6) is 0 Å². The van der Waals surface area contributed by atoms with Gasteiger partial charge in [0.05, 0.1) is 16.8 Å². The smallest absolute Gasteiger partial charge is 0.141 e. The molecule has 0 radical (unpaired) electrons. The topological polar surface area (TPSA) is 61.0 Å². The van der Waals surface area contributed by atoms with Crippen LogP contribution in [0, 0.1) is 5.92 Å². The maximum absolute atomic E-state index is 5.94. The predicted octanol–water partition coefficient (Wildman–Crippen LogP) is 3.26. The lowest BCUT2D eigenvalue weighted by molar-refractivity contribution is 0.180. The number of aromatic nitrogens is 2. The first kappa shape index (κ1) is 13.7. The second kappa shape index (κ2) is 5.97. The van der Waals surface area contributed by atoms with Crippen LogP contribution in [0.1, 0.15) is 50.0 Å². The fourth-order valence-electron chi connectivity index (χ4n) is 2.62. The Morgan fingerprint density at radius 3 is 2.83 bits per heavy atom. The number of ether oxygens (including phenoxy) is 1.